The van der Waals surface area contributed by atoms with E-state index in [-0.39, 0.29) is 11.5 Å². The Morgan fingerprint density at radius 3 is 2.59 bits per heavy atom. The molecule has 2 N–H and O–H groups in total. The summed E-state index contributed by atoms with van der Waals surface area (Å²) in [5.41, 5.74) is 6.16. The van der Waals surface area contributed by atoms with Crippen molar-refractivity contribution in [2.75, 3.05) is 18.0 Å². The van der Waals surface area contributed by atoms with E-state index < -0.39 is 0 Å². The van der Waals surface area contributed by atoms with Crippen LogP contribution in [0.5, 0.6) is 0 Å². The highest BCUT2D eigenvalue weighted by atomic mass is 16.5. The molecule has 1 saturated heterocycles. The molecule has 1 aromatic heterocycles. The lowest BCUT2D eigenvalue weighted by molar-refractivity contribution is 0.286. The molecule has 2 heterocycles. The van der Waals surface area contributed by atoms with Crippen molar-refractivity contribution in [3.63, 3.8) is 0 Å². The molecule has 2 rings (SSSR count). The average Bonchev–Trinajstić information content (AvgIpc) is 2.83. The van der Waals surface area contributed by atoms with E-state index in [9.17, 15) is 0 Å². The van der Waals surface area contributed by atoms with E-state index in [1.54, 1.807) is 0 Å². The molecule has 5 nitrogen and oxygen atoms in total. The van der Waals surface area contributed by atoms with Crippen LogP contribution >= 0.6 is 0 Å². The Morgan fingerprint density at radius 1 is 1.35 bits per heavy atom. The van der Waals surface area contributed by atoms with Crippen LogP contribution in [0, 0.1) is 5.41 Å². The summed E-state index contributed by atoms with van der Waals surface area (Å²) in [6.07, 6.45) is 3.07. The highest BCUT2D eigenvalue weighted by Crippen LogP contribution is 2.22. The van der Waals surface area contributed by atoms with Crippen molar-refractivity contribution in [3.05, 3.63) is 5.89 Å². The van der Waals surface area contributed by atoms with E-state index in [1.165, 1.54) is 12.8 Å². The Labute approximate surface area is 102 Å². The summed E-state index contributed by atoms with van der Waals surface area (Å²) in [6.45, 7) is 8.43. The zero-order valence-corrected chi connectivity index (χ0v) is 10.9. The third kappa shape index (κ3) is 2.97. The first-order valence-corrected chi connectivity index (χ1v) is 6.30. The maximum Gasteiger partial charge on any atom is 0.266 e. The van der Waals surface area contributed by atoms with Gasteiger partial charge in [0.2, 0.25) is 5.89 Å². The minimum absolute atomic E-state index is 0.0365. The van der Waals surface area contributed by atoms with E-state index in [4.69, 9.17) is 10.3 Å². The summed E-state index contributed by atoms with van der Waals surface area (Å²) in [7, 11) is 0. The maximum atomic E-state index is 6.10. The summed E-state index contributed by atoms with van der Waals surface area (Å²) >= 11 is 0. The van der Waals surface area contributed by atoms with Crippen LogP contribution in [-0.4, -0.2) is 29.3 Å². The predicted octanol–water partition coefficient (Wildman–Crippen LogP) is 1.59. The monoisotopic (exact) mass is 238 g/mol. The fourth-order valence-corrected chi connectivity index (χ4v) is 1.87. The lowest BCUT2D eigenvalue weighted by Crippen LogP contribution is -2.37. The largest absolute Gasteiger partial charge is 0.338 e. The van der Waals surface area contributed by atoms with Crippen molar-refractivity contribution >= 4 is 5.95 Å². The van der Waals surface area contributed by atoms with E-state index in [1.807, 2.05) is 0 Å². The number of nitrogens with zero attached hydrogens (tertiary/aromatic N) is 3. The maximum absolute atomic E-state index is 6.10. The molecule has 1 fully saturated rings. The molecule has 1 atom stereocenters. The first kappa shape index (κ1) is 12.4. The summed E-state index contributed by atoms with van der Waals surface area (Å²) in [5, 5.41) is 4.02. The number of aromatic nitrogens is 2. The molecule has 0 radical (unpaired) electrons. The van der Waals surface area contributed by atoms with Gasteiger partial charge in [-0.3, -0.25) is 0 Å². The highest BCUT2D eigenvalue weighted by Gasteiger charge is 2.24. The van der Waals surface area contributed by atoms with Crippen LogP contribution in [0.3, 0.4) is 0 Å². The van der Waals surface area contributed by atoms with E-state index in [2.05, 4.69) is 35.8 Å². The second-order valence-electron chi connectivity index (χ2n) is 5.86. The van der Waals surface area contributed by atoms with Crippen LogP contribution < -0.4 is 10.6 Å². The van der Waals surface area contributed by atoms with Crippen molar-refractivity contribution in [2.45, 2.75) is 46.1 Å². The van der Waals surface area contributed by atoms with Crippen molar-refractivity contribution < 1.29 is 4.52 Å². The van der Waals surface area contributed by atoms with E-state index in [0.29, 0.717) is 12.3 Å². The molecule has 1 aromatic rings. The third-order valence-electron chi connectivity index (χ3n) is 3.35. The molecular weight excluding hydrogens is 216 g/mol. The van der Waals surface area contributed by atoms with Crippen molar-refractivity contribution in [1.82, 2.24) is 10.1 Å². The lowest BCUT2D eigenvalue weighted by atomic mass is 9.85. The topological polar surface area (TPSA) is 68.2 Å². The van der Waals surface area contributed by atoms with Crippen LogP contribution in [0.2, 0.25) is 0 Å². The van der Waals surface area contributed by atoms with Crippen LogP contribution in [-0.2, 0) is 6.42 Å². The van der Waals surface area contributed by atoms with Gasteiger partial charge in [0.05, 0.1) is 0 Å². The van der Waals surface area contributed by atoms with Crippen molar-refractivity contribution in [2.24, 2.45) is 11.1 Å². The molecule has 0 amide bonds. The Morgan fingerprint density at radius 2 is 2.00 bits per heavy atom. The van der Waals surface area contributed by atoms with Crippen LogP contribution in [0.25, 0.3) is 0 Å². The molecule has 0 saturated carbocycles. The van der Waals surface area contributed by atoms with Crippen molar-refractivity contribution in [1.29, 1.82) is 0 Å². The first-order valence-electron chi connectivity index (χ1n) is 6.30. The Kier molecular flexibility index (Phi) is 3.38. The number of rotatable bonds is 3. The summed E-state index contributed by atoms with van der Waals surface area (Å²) < 4.78 is 5.26. The lowest BCUT2D eigenvalue weighted by Gasteiger charge is -2.25. The standard InChI is InChI=1S/C12H22N4O/c1-12(2,3)9(13)8-10-14-11(15-17-10)16-6-4-5-7-16/h9H,4-8,13H2,1-3H3. The zero-order valence-electron chi connectivity index (χ0n) is 10.9. The summed E-state index contributed by atoms with van der Waals surface area (Å²) in [4.78, 5) is 6.58. The highest BCUT2D eigenvalue weighted by molar-refractivity contribution is 5.28. The van der Waals surface area contributed by atoms with Gasteiger partial charge in [-0.05, 0) is 23.4 Å². The molecule has 96 valence electrons. The molecule has 0 spiro atoms. The predicted molar refractivity (Wildman–Crippen MR) is 66.9 cm³/mol. The molecular formula is C12H22N4O. The van der Waals surface area contributed by atoms with Crippen LogP contribution in [0.15, 0.2) is 4.52 Å². The second kappa shape index (κ2) is 4.64. The van der Waals surface area contributed by atoms with Gasteiger partial charge in [0.1, 0.15) is 0 Å². The fourth-order valence-electron chi connectivity index (χ4n) is 1.87. The van der Waals surface area contributed by atoms with Gasteiger partial charge in [-0.2, -0.15) is 4.98 Å². The number of hydrogen-bond donors (Lipinski definition) is 1. The summed E-state index contributed by atoms with van der Waals surface area (Å²) in [6, 6.07) is 0.0365. The van der Waals surface area contributed by atoms with Gasteiger partial charge in [0.15, 0.2) is 0 Å². The summed E-state index contributed by atoms with van der Waals surface area (Å²) in [5.74, 6) is 1.37. The van der Waals surface area contributed by atoms with Crippen molar-refractivity contribution in [3.8, 4) is 0 Å². The van der Waals surface area contributed by atoms with Gasteiger partial charge in [-0.1, -0.05) is 20.8 Å². The molecule has 0 bridgehead atoms. The minimum Gasteiger partial charge on any atom is -0.338 e. The molecule has 1 unspecified atom stereocenters. The number of nitrogens with two attached hydrogens (primary N) is 1. The zero-order chi connectivity index (χ0) is 12.5. The van der Waals surface area contributed by atoms with Gasteiger partial charge >= 0.3 is 0 Å². The van der Waals surface area contributed by atoms with E-state index >= 15 is 0 Å². The molecule has 1 aliphatic heterocycles. The Balaban J connectivity index is 1.98. The minimum atomic E-state index is 0.0365. The van der Waals surface area contributed by atoms with Gasteiger partial charge < -0.3 is 15.2 Å². The van der Waals surface area contributed by atoms with Gasteiger partial charge in [0.25, 0.3) is 5.95 Å². The van der Waals surface area contributed by atoms with Gasteiger partial charge in [-0.15, -0.1) is 0 Å². The SMILES string of the molecule is CC(C)(C)C(N)Cc1nc(N2CCCC2)no1. The molecule has 1 aliphatic rings. The van der Waals surface area contributed by atoms with Gasteiger partial charge in [-0.25, -0.2) is 0 Å². The quantitative estimate of drug-likeness (QED) is 0.866. The number of hydrogen-bond acceptors (Lipinski definition) is 5. The first-order chi connectivity index (χ1) is 7.97. The smallest absolute Gasteiger partial charge is 0.266 e. The average molecular weight is 238 g/mol. The molecule has 0 aliphatic carbocycles. The second-order valence-corrected chi connectivity index (χ2v) is 5.86. The number of anilines is 1. The van der Waals surface area contributed by atoms with Crippen LogP contribution in [0.1, 0.15) is 39.5 Å². The normalized spacial score (nSPS) is 18.7. The Bertz CT molecular complexity index is 363. The molecule has 17 heavy (non-hydrogen) atoms. The molecule has 0 aromatic carbocycles. The van der Waals surface area contributed by atoms with E-state index in [0.717, 1.165) is 19.0 Å². The van der Waals surface area contributed by atoms with Crippen LogP contribution in [0.4, 0.5) is 5.95 Å². The fraction of sp³-hybridized carbons (Fsp3) is 0.833. The third-order valence-corrected chi connectivity index (χ3v) is 3.35. The molecule has 5 heteroatoms. The van der Waals surface area contributed by atoms with Gasteiger partial charge in [0, 0.05) is 25.6 Å². The Hall–Kier alpha value is -1.10.